The van der Waals surface area contributed by atoms with Gasteiger partial charge in [0.1, 0.15) is 0 Å². The average Bonchev–Trinajstić information content (AvgIpc) is 3.29. The molecule has 0 bridgehead atoms. The average molecular weight is 399 g/mol. The molecule has 0 saturated carbocycles. The number of hydrogen-bond donors (Lipinski definition) is 2. The maximum atomic E-state index is 4.49. The maximum Gasteiger partial charge on any atom is 0.0922 e. The Hall–Kier alpha value is -3.35. The van der Waals surface area contributed by atoms with Gasteiger partial charge in [-0.3, -0.25) is 14.9 Å². The fourth-order valence-corrected chi connectivity index (χ4v) is 3.43. The SMILES string of the molecule is c1ccc(CNCc2cccc(CN(Cc3ccccn3)Cc3cnc[nH]3)c2)nc1. The lowest BCUT2D eigenvalue weighted by atomic mass is 10.1. The van der Waals surface area contributed by atoms with Crippen LogP contribution in [0, 0.1) is 0 Å². The number of aromatic amines is 1. The molecule has 0 aliphatic carbocycles. The van der Waals surface area contributed by atoms with Crippen molar-refractivity contribution in [2.24, 2.45) is 0 Å². The van der Waals surface area contributed by atoms with Crippen LogP contribution < -0.4 is 5.32 Å². The molecule has 2 N–H and O–H groups in total. The molecule has 4 rings (SSSR count). The van der Waals surface area contributed by atoms with Crippen molar-refractivity contribution in [1.29, 1.82) is 0 Å². The van der Waals surface area contributed by atoms with Gasteiger partial charge in [-0.05, 0) is 35.4 Å². The largest absolute Gasteiger partial charge is 0.347 e. The summed E-state index contributed by atoms with van der Waals surface area (Å²) in [6.07, 6.45) is 7.27. The summed E-state index contributed by atoms with van der Waals surface area (Å²) in [5, 5.41) is 3.48. The highest BCUT2D eigenvalue weighted by Gasteiger charge is 2.10. The molecule has 3 aromatic heterocycles. The standard InChI is InChI=1S/C24H26N6/c1-3-10-27-22(8-1)14-25-13-20-6-5-7-21(12-20)16-30(18-24-15-26-19-29-24)17-23-9-2-4-11-28-23/h1-12,15,19,25H,13-14,16-18H2,(H,26,29). The highest BCUT2D eigenvalue weighted by Crippen LogP contribution is 2.14. The van der Waals surface area contributed by atoms with Crippen molar-refractivity contribution in [3.63, 3.8) is 0 Å². The van der Waals surface area contributed by atoms with Gasteiger partial charge < -0.3 is 10.3 Å². The second kappa shape index (κ2) is 10.4. The molecule has 30 heavy (non-hydrogen) atoms. The first-order valence-corrected chi connectivity index (χ1v) is 10.1. The summed E-state index contributed by atoms with van der Waals surface area (Å²) in [5.74, 6) is 0. The molecule has 0 radical (unpaired) electrons. The monoisotopic (exact) mass is 398 g/mol. The molecular formula is C24H26N6. The Kier molecular flexibility index (Phi) is 6.94. The minimum atomic E-state index is 0.761. The molecule has 0 aliphatic heterocycles. The Morgan fingerprint density at radius 2 is 1.57 bits per heavy atom. The lowest BCUT2D eigenvalue weighted by Gasteiger charge is -2.22. The van der Waals surface area contributed by atoms with Crippen LogP contribution in [0.3, 0.4) is 0 Å². The Labute approximate surface area is 177 Å². The first-order valence-electron chi connectivity index (χ1n) is 10.1. The van der Waals surface area contributed by atoms with Gasteiger partial charge in [0.05, 0.1) is 17.7 Å². The topological polar surface area (TPSA) is 69.7 Å². The van der Waals surface area contributed by atoms with E-state index in [4.69, 9.17) is 0 Å². The van der Waals surface area contributed by atoms with E-state index in [1.807, 2.05) is 48.9 Å². The lowest BCUT2D eigenvalue weighted by Crippen LogP contribution is -2.23. The van der Waals surface area contributed by atoms with E-state index >= 15 is 0 Å². The fourth-order valence-electron chi connectivity index (χ4n) is 3.43. The summed E-state index contributed by atoms with van der Waals surface area (Å²) in [7, 11) is 0. The van der Waals surface area contributed by atoms with Crippen molar-refractivity contribution in [3.05, 3.63) is 114 Å². The Bertz CT molecular complexity index is 1000. The van der Waals surface area contributed by atoms with Gasteiger partial charge in [0, 0.05) is 57.0 Å². The van der Waals surface area contributed by atoms with Crippen LogP contribution in [0.25, 0.3) is 0 Å². The Morgan fingerprint density at radius 1 is 0.767 bits per heavy atom. The summed E-state index contributed by atoms with van der Waals surface area (Å²) in [6.45, 7) is 3.98. The molecule has 6 heteroatoms. The number of nitrogens with zero attached hydrogens (tertiary/aromatic N) is 4. The lowest BCUT2D eigenvalue weighted by molar-refractivity contribution is 0.242. The Balaban J connectivity index is 1.39. The molecule has 0 atom stereocenters. The summed E-state index contributed by atoms with van der Waals surface area (Å²) in [4.78, 5) is 18.6. The van der Waals surface area contributed by atoms with Gasteiger partial charge >= 0.3 is 0 Å². The number of aromatic nitrogens is 4. The molecule has 1 aromatic carbocycles. The van der Waals surface area contributed by atoms with Gasteiger partial charge in [0.2, 0.25) is 0 Å². The number of nitrogens with one attached hydrogen (secondary N) is 2. The smallest absolute Gasteiger partial charge is 0.0922 e. The van der Waals surface area contributed by atoms with Crippen LogP contribution in [0.4, 0.5) is 0 Å². The number of imidazole rings is 1. The van der Waals surface area contributed by atoms with E-state index in [2.05, 4.69) is 60.5 Å². The third-order valence-electron chi connectivity index (χ3n) is 4.82. The zero-order valence-corrected chi connectivity index (χ0v) is 16.9. The van der Waals surface area contributed by atoms with Crippen molar-refractivity contribution in [2.45, 2.75) is 32.7 Å². The molecule has 0 spiro atoms. The van der Waals surface area contributed by atoms with Gasteiger partial charge in [-0.25, -0.2) is 4.98 Å². The molecule has 0 amide bonds. The van der Waals surface area contributed by atoms with Crippen LogP contribution in [-0.2, 0) is 32.7 Å². The van der Waals surface area contributed by atoms with Crippen LogP contribution >= 0.6 is 0 Å². The van der Waals surface area contributed by atoms with E-state index in [9.17, 15) is 0 Å². The highest BCUT2D eigenvalue weighted by molar-refractivity contribution is 5.23. The van der Waals surface area contributed by atoms with Gasteiger partial charge in [-0.2, -0.15) is 0 Å². The summed E-state index contributed by atoms with van der Waals surface area (Å²) >= 11 is 0. The number of hydrogen-bond acceptors (Lipinski definition) is 5. The predicted octanol–water partition coefficient (Wildman–Crippen LogP) is 3.69. The van der Waals surface area contributed by atoms with Gasteiger partial charge in [-0.1, -0.05) is 36.4 Å². The molecule has 0 saturated heterocycles. The van der Waals surface area contributed by atoms with Crippen molar-refractivity contribution in [2.75, 3.05) is 0 Å². The van der Waals surface area contributed by atoms with Crippen LogP contribution in [-0.4, -0.2) is 24.8 Å². The van der Waals surface area contributed by atoms with E-state index in [1.54, 1.807) is 6.33 Å². The molecule has 3 heterocycles. The highest BCUT2D eigenvalue weighted by atomic mass is 15.1. The second-order valence-electron chi connectivity index (χ2n) is 7.29. The van der Waals surface area contributed by atoms with E-state index in [1.165, 1.54) is 11.1 Å². The van der Waals surface area contributed by atoms with Gasteiger partial charge in [-0.15, -0.1) is 0 Å². The quantitative estimate of drug-likeness (QED) is 0.426. The van der Waals surface area contributed by atoms with Crippen LogP contribution in [0.5, 0.6) is 0 Å². The number of H-pyrrole nitrogens is 1. The summed E-state index contributed by atoms with van der Waals surface area (Å²) in [6, 6.07) is 20.8. The van der Waals surface area contributed by atoms with E-state index in [0.717, 1.165) is 49.8 Å². The number of benzene rings is 1. The van der Waals surface area contributed by atoms with Crippen molar-refractivity contribution in [3.8, 4) is 0 Å². The van der Waals surface area contributed by atoms with Crippen LogP contribution in [0.1, 0.15) is 28.2 Å². The van der Waals surface area contributed by atoms with Crippen molar-refractivity contribution < 1.29 is 0 Å². The maximum absolute atomic E-state index is 4.49. The molecular weight excluding hydrogens is 372 g/mol. The third kappa shape index (κ3) is 6.07. The molecule has 152 valence electrons. The third-order valence-corrected chi connectivity index (χ3v) is 4.82. The zero-order chi connectivity index (χ0) is 20.4. The fraction of sp³-hybridized carbons (Fsp3) is 0.208. The number of rotatable bonds is 10. The van der Waals surface area contributed by atoms with E-state index in [-0.39, 0.29) is 0 Å². The summed E-state index contributed by atoms with van der Waals surface area (Å²) in [5.41, 5.74) is 5.75. The van der Waals surface area contributed by atoms with Crippen LogP contribution in [0.2, 0.25) is 0 Å². The molecule has 6 nitrogen and oxygen atoms in total. The second-order valence-corrected chi connectivity index (χ2v) is 7.29. The number of pyridine rings is 2. The first-order chi connectivity index (χ1) is 14.8. The molecule has 0 fully saturated rings. The van der Waals surface area contributed by atoms with E-state index in [0.29, 0.717) is 0 Å². The molecule has 4 aromatic rings. The van der Waals surface area contributed by atoms with Gasteiger partial charge in [0.15, 0.2) is 0 Å². The van der Waals surface area contributed by atoms with Crippen molar-refractivity contribution >= 4 is 0 Å². The minimum absolute atomic E-state index is 0.761. The molecule has 0 unspecified atom stereocenters. The summed E-state index contributed by atoms with van der Waals surface area (Å²) < 4.78 is 0. The normalized spacial score (nSPS) is 11.1. The molecule has 0 aliphatic rings. The predicted molar refractivity (Wildman–Crippen MR) is 117 cm³/mol. The Morgan fingerprint density at radius 3 is 2.30 bits per heavy atom. The van der Waals surface area contributed by atoms with Gasteiger partial charge in [0.25, 0.3) is 0 Å². The zero-order valence-electron chi connectivity index (χ0n) is 16.9. The minimum Gasteiger partial charge on any atom is -0.347 e. The van der Waals surface area contributed by atoms with E-state index < -0.39 is 0 Å². The van der Waals surface area contributed by atoms with Crippen LogP contribution in [0.15, 0.2) is 85.6 Å². The van der Waals surface area contributed by atoms with Crippen molar-refractivity contribution in [1.82, 2.24) is 30.2 Å². The first kappa shape index (κ1) is 19.9.